The first-order valence-corrected chi connectivity index (χ1v) is 8.01. The van der Waals surface area contributed by atoms with Crippen molar-refractivity contribution in [1.82, 2.24) is 0 Å². The minimum atomic E-state index is 0.261. The normalized spacial score (nSPS) is 19.0. The summed E-state index contributed by atoms with van der Waals surface area (Å²) >= 11 is 0. The quantitative estimate of drug-likeness (QED) is 0.721. The van der Waals surface area contributed by atoms with Crippen LogP contribution in [0.5, 0.6) is 0 Å². The van der Waals surface area contributed by atoms with Crippen molar-refractivity contribution >= 4 is 5.78 Å². The average Bonchev–Trinajstić information content (AvgIpc) is 2.52. The van der Waals surface area contributed by atoms with Crippen molar-refractivity contribution in [3.05, 3.63) is 34.9 Å². The van der Waals surface area contributed by atoms with E-state index in [-0.39, 0.29) is 5.78 Å². The predicted octanol–water partition coefficient (Wildman–Crippen LogP) is 4.34. The second-order valence-electron chi connectivity index (χ2n) is 5.64. The van der Waals surface area contributed by atoms with Gasteiger partial charge in [-0.2, -0.15) is 0 Å². The molecule has 110 valence electrons. The molecule has 20 heavy (non-hydrogen) atoms. The Morgan fingerprint density at radius 1 is 1.20 bits per heavy atom. The van der Waals surface area contributed by atoms with Gasteiger partial charge in [-0.15, -0.1) is 0 Å². The Labute approximate surface area is 122 Å². The van der Waals surface area contributed by atoms with Crippen molar-refractivity contribution in [3.63, 3.8) is 0 Å². The maximum Gasteiger partial charge on any atom is 0.162 e. The van der Waals surface area contributed by atoms with Crippen LogP contribution >= 0.6 is 0 Å². The monoisotopic (exact) mass is 274 g/mol. The Balaban J connectivity index is 1.94. The Hall–Kier alpha value is -1.15. The average molecular weight is 274 g/mol. The van der Waals surface area contributed by atoms with E-state index < -0.39 is 0 Å². The molecule has 0 bridgehead atoms. The van der Waals surface area contributed by atoms with Crippen LogP contribution in [0.3, 0.4) is 0 Å². The number of benzene rings is 1. The van der Waals surface area contributed by atoms with E-state index in [1.165, 1.54) is 24.0 Å². The fraction of sp³-hybridized carbons (Fsp3) is 0.611. The van der Waals surface area contributed by atoms with Crippen molar-refractivity contribution in [2.24, 2.45) is 0 Å². The number of Topliss-reactive ketones (excluding diaryl/α,β-unsaturated/α-hetero) is 1. The molecule has 2 heteroatoms. The molecule has 0 amide bonds. The molecular weight excluding hydrogens is 248 g/mol. The summed E-state index contributed by atoms with van der Waals surface area (Å²) in [6, 6.07) is 6.19. The molecule has 0 radical (unpaired) electrons. The molecule has 1 aliphatic rings. The lowest BCUT2D eigenvalue weighted by Gasteiger charge is -2.22. The topological polar surface area (TPSA) is 26.3 Å². The first-order chi connectivity index (χ1) is 9.74. The first kappa shape index (κ1) is 15.2. The molecule has 0 N–H and O–H groups in total. The molecule has 1 heterocycles. The van der Waals surface area contributed by atoms with Crippen LogP contribution < -0.4 is 0 Å². The summed E-state index contributed by atoms with van der Waals surface area (Å²) in [5.41, 5.74) is 3.54. The number of aryl methyl sites for hydroxylation is 2. The largest absolute Gasteiger partial charge is 0.378 e. The maximum atomic E-state index is 12.3. The Morgan fingerprint density at radius 2 is 2.00 bits per heavy atom. The molecule has 1 aromatic rings. The van der Waals surface area contributed by atoms with Gasteiger partial charge < -0.3 is 4.74 Å². The van der Waals surface area contributed by atoms with Crippen LogP contribution in [-0.2, 0) is 17.6 Å². The van der Waals surface area contributed by atoms with E-state index in [1.54, 1.807) is 0 Å². The third-order valence-electron chi connectivity index (χ3n) is 4.26. The van der Waals surface area contributed by atoms with Gasteiger partial charge in [-0.05, 0) is 55.7 Å². The second-order valence-corrected chi connectivity index (χ2v) is 5.64. The molecule has 1 atom stereocenters. The van der Waals surface area contributed by atoms with Gasteiger partial charge in [0.15, 0.2) is 5.78 Å². The fourth-order valence-electron chi connectivity index (χ4n) is 2.94. The molecule has 2 nitrogen and oxygen atoms in total. The summed E-state index contributed by atoms with van der Waals surface area (Å²) in [6.45, 7) is 5.18. The first-order valence-electron chi connectivity index (χ1n) is 8.01. The van der Waals surface area contributed by atoms with Gasteiger partial charge in [0.1, 0.15) is 0 Å². The van der Waals surface area contributed by atoms with Gasteiger partial charge in [0.2, 0.25) is 0 Å². The van der Waals surface area contributed by atoms with Crippen LogP contribution in [-0.4, -0.2) is 18.5 Å². The third-order valence-corrected chi connectivity index (χ3v) is 4.26. The van der Waals surface area contributed by atoms with Gasteiger partial charge in [-0.3, -0.25) is 4.79 Å². The third kappa shape index (κ3) is 3.92. The summed E-state index contributed by atoms with van der Waals surface area (Å²) in [5, 5.41) is 0. The molecule has 1 fully saturated rings. The molecule has 0 spiro atoms. The predicted molar refractivity (Wildman–Crippen MR) is 82.4 cm³/mol. The van der Waals surface area contributed by atoms with Gasteiger partial charge >= 0.3 is 0 Å². The highest BCUT2D eigenvalue weighted by atomic mass is 16.5. The highest BCUT2D eigenvalue weighted by Gasteiger charge is 2.16. The lowest BCUT2D eigenvalue weighted by atomic mass is 9.95. The number of carbonyl (C=O) groups is 1. The van der Waals surface area contributed by atoms with Gasteiger partial charge in [-0.25, -0.2) is 0 Å². The van der Waals surface area contributed by atoms with E-state index in [9.17, 15) is 4.79 Å². The minimum absolute atomic E-state index is 0.261. The molecule has 0 aliphatic carbocycles. The Kier molecular flexibility index (Phi) is 5.78. The molecule has 1 saturated heterocycles. The smallest absolute Gasteiger partial charge is 0.162 e. The fourth-order valence-corrected chi connectivity index (χ4v) is 2.94. The summed E-state index contributed by atoms with van der Waals surface area (Å²) < 4.78 is 5.69. The van der Waals surface area contributed by atoms with Crippen molar-refractivity contribution < 1.29 is 9.53 Å². The number of ether oxygens (including phenoxy) is 1. The summed E-state index contributed by atoms with van der Waals surface area (Å²) in [6.07, 6.45) is 7.33. The van der Waals surface area contributed by atoms with E-state index in [2.05, 4.69) is 26.0 Å². The number of hydrogen-bond acceptors (Lipinski definition) is 2. The molecule has 0 saturated carbocycles. The van der Waals surface area contributed by atoms with Gasteiger partial charge in [0.05, 0.1) is 6.10 Å². The number of carbonyl (C=O) groups excluding carboxylic acids is 1. The van der Waals surface area contributed by atoms with Gasteiger partial charge in [0.25, 0.3) is 0 Å². The van der Waals surface area contributed by atoms with Gasteiger partial charge in [-0.1, -0.05) is 26.0 Å². The second kappa shape index (κ2) is 7.58. The maximum absolute atomic E-state index is 12.3. The number of rotatable bonds is 6. The summed E-state index contributed by atoms with van der Waals surface area (Å²) in [7, 11) is 0. The Bertz CT molecular complexity index is 445. The van der Waals surface area contributed by atoms with Crippen LogP contribution in [0.4, 0.5) is 0 Å². The van der Waals surface area contributed by atoms with Crippen molar-refractivity contribution in [3.8, 4) is 0 Å². The van der Waals surface area contributed by atoms with E-state index in [0.29, 0.717) is 12.5 Å². The Morgan fingerprint density at radius 3 is 2.65 bits per heavy atom. The highest BCUT2D eigenvalue weighted by molar-refractivity contribution is 5.96. The standard InChI is InChI=1S/C18H26O2/c1-3-14-8-9-16(13-15(14)4-2)18(19)11-10-17-7-5-6-12-20-17/h8-9,13,17H,3-7,10-12H2,1-2H3. The van der Waals surface area contributed by atoms with Crippen LogP contribution in [0, 0.1) is 0 Å². The van der Waals surface area contributed by atoms with Crippen molar-refractivity contribution in [1.29, 1.82) is 0 Å². The van der Waals surface area contributed by atoms with Crippen LogP contribution in [0.25, 0.3) is 0 Å². The van der Waals surface area contributed by atoms with Crippen LogP contribution in [0.2, 0.25) is 0 Å². The lowest BCUT2D eigenvalue weighted by molar-refractivity contribution is 0.0104. The zero-order valence-electron chi connectivity index (χ0n) is 12.8. The van der Waals surface area contributed by atoms with E-state index in [4.69, 9.17) is 4.74 Å². The summed E-state index contributed by atoms with van der Waals surface area (Å²) in [4.78, 5) is 12.3. The van der Waals surface area contributed by atoms with E-state index in [0.717, 1.165) is 37.9 Å². The molecule has 1 unspecified atom stereocenters. The number of hydrogen-bond donors (Lipinski definition) is 0. The van der Waals surface area contributed by atoms with E-state index in [1.807, 2.05) is 6.07 Å². The van der Waals surface area contributed by atoms with Crippen LogP contribution in [0.15, 0.2) is 18.2 Å². The lowest BCUT2D eigenvalue weighted by Crippen LogP contribution is -2.20. The summed E-state index contributed by atoms with van der Waals surface area (Å²) in [5.74, 6) is 0.261. The van der Waals surface area contributed by atoms with Gasteiger partial charge in [0, 0.05) is 18.6 Å². The number of ketones is 1. The molecule has 0 aromatic heterocycles. The van der Waals surface area contributed by atoms with Crippen LogP contribution in [0.1, 0.15) is 67.4 Å². The molecule has 2 rings (SSSR count). The van der Waals surface area contributed by atoms with Crippen molar-refractivity contribution in [2.75, 3.05) is 6.61 Å². The highest BCUT2D eigenvalue weighted by Crippen LogP contribution is 2.20. The zero-order chi connectivity index (χ0) is 14.4. The zero-order valence-corrected chi connectivity index (χ0v) is 12.8. The minimum Gasteiger partial charge on any atom is -0.378 e. The van der Waals surface area contributed by atoms with E-state index >= 15 is 0 Å². The molecular formula is C18H26O2. The molecule has 1 aliphatic heterocycles. The molecule has 1 aromatic carbocycles. The van der Waals surface area contributed by atoms with Crippen molar-refractivity contribution in [2.45, 2.75) is 64.9 Å². The SMILES string of the molecule is CCc1ccc(C(=O)CCC2CCCCO2)cc1CC.